The monoisotopic (exact) mass is 164 g/mol. The molecule has 1 fully saturated rings. The van der Waals surface area contributed by atoms with Crippen molar-refractivity contribution in [2.24, 2.45) is 17.3 Å². The lowest BCUT2D eigenvalue weighted by Crippen LogP contribution is -2.31. The molecule has 1 nitrogen and oxygen atoms in total. The molecular formula is C11H16O. The first-order chi connectivity index (χ1) is 5.50. The zero-order chi connectivity index (χ0) is 8.93. The minimum Gasteiger partial charge on any atom is -0.299 e. The zero-order valence-corrected chi connectivity index (χ0v) is 8.05. The van der Waals surface area contributed by atoms with E-state index in [4.69, 9.17) is 0 Å². The quantitative estimate of drug-likeness (QED) is 0.503. The molecule has 2 aliphatic carbocycles. The summed E-state index contributed by atoms with van der Waals surface area (Å²) in [5, 5.41) is 0. The van der Waals surface area contributed by atoms with Crippen LogP contribution in [-0.2, 0) is 4.79 Å². The molecule has 0 spiro atoms. The van der Waals surface area contributed by atoms with Crippen LogP contribution in [0.1, 0.15) is 33.6 Å². The lowest BCUT2D eigenvalue weighted by atomic mass is 9.66. The first-order valence-electron chi connectivity index (χ1n) is 4.75. The van der Waals surface area contributed by atoms with Gasteiger partial charge in [0.05, 0.1) is 0 Å². The Labute approximate surface area is 73.8 Å². The molecule has 66 valence electrons. The third kappa shape index (κ3) is 0.954. The van der Waals surface area contributed by atoms with Crippen molar-refractivity contribution in [3.63, 3.8) is 0 Å². The lowest BCUT2D eigenvalue weighted by Gasteiger charge is -2.38. The summed E-state index contributed by atoms with van der Waals surface area (Å²) in [7, 11) is 0. The van der Waals surface area contributed by atoms with Gasteiger partial charge in [-0.05, 0) is 17.8 Å². The summed E-state index contributed by atoms with van der Waals surface area (Å²) in [5.74, 6) is 1.38. The standard InChI is InChI=1S/C11H16O/c1-11(2,3)9-6-8-7(9)4-5-10(8)12/h6-8H,4-5H2,1-3H3/t7-,8-/m1/s1. The Morgan fingerprint density at radius 1 is 1.42 bits per heavy atom. The summed E-state index contributed by atoms with van der Waals surface area (Å²) in [4.78, 5) is 11.3. The molecule has 0 aromatic carbocycles. The molecule has 0 aromatic heterocycles. The summed E-state index contributed by atoms with van der Waals surface area (Å²) >= 11 is 0. The van der Waals surface area contributed by atoms with Crippen LogP contribution in [-0.4, -0.2) is 5.78 Å². The van der Waals surface area contributed by atoms with Gasteiger partial charge in [-0.1, -0.05) is 32.4 Å². The van der Waals surface area contributed by atoms with Gasteiger partial charge >= 0.3 is 0 Å². The van der Waals surface area contributed by atoms with E-state index in [9.17, 15) is 4.79 Å². The highest BCUT2D eigenvalue weighted by atomic mass is 16.1. The van der Waals surface area contributed by atoms with Gasteiger partial charge in [-0.25, -0.2) is 0 Å². The Morgan fingerprint density at radius 2 is 2.08 bits per heavy atom. The Balaban J connectivity index is 2.21. The Bertz CT molecular complexity index is 255. The zero-order valence-electron chi connectivity index (χ0n) is 8.05. The molecule has 0 aromatic rings. The molecular weight excluding hydrogens is 148 g/mol. The molecule has 0 bridgehead atoms. The second kappa shape index (κ2) is 2.21. The van der Waals surface area contributed by atoms with Gasteiger partial charge in [0.1, 0.15) is 5.78 Å². The first-order valence-corrected chi connectivity index (χ1v) is 4.75. The van der Waals surface area contributed by atoms with E-state index in [1.54, 1.807) is 0 Å². The van der Waals surface area contributed by atoms with Crippen LogP contribution in [0, 0.1) is 17.3 Å². The van der Waals surface area contributed by atoms with Gasteiger partial charge in [0.15, 0.2) is 0 Å². The van der Waals surface area contributed by atoms with Crippen molar-refractivity contribution >= 4 is 5.78 Å². The predicted octanol–water partition coefficient (Wildman–Crippen LogP) is 2.57. The highest BCUT2D eigenvalue weighted by molar-refractivity contribution is 5.87. The number of fused-ring (bicyclic) bond motifs is 1. The molecule has 12 heavy (non-hydrogen) atoms. The van der Waals surface area contributed by atoms with E-state index < -0.39 is 0 Å². The smallest absolute Gasteiger partial charge is 0.140 e. The van der Waals surface area contributed by atoms with Crippen molar-refractivity contribution < 1.29 is 4.79 Å². The summed E-state index contributed by atoms with van der Waals surface area (Å²) in [6.07, 6.45) is 4.11. The van der Waals surface area contributed by atoms with Crippen LogP contribution >= 0.6 is 0 Å². The summed E-state index contributed by atoms with van der Waals surface area (Å²) in [6.45, 7) is 6.70. The van der Waals surface area contributed by atoms with E-state index in [2.05, 4.69) is 26.8 Å². The van der Waals surface area contributed by atoms with Gasteiger partial charge in [-0.3, -0.25) is 4.79 Å². The van der Waals surface area contributed by atoms with Crippen molar-refractivity contribution in [1.29, 1.82) is 0 Å². The van der Waals surface area contributed by atoms with Crippen LogP contribution in [0.2, 0.25) is 0 Å². The SMILES string of the molecule is CC(C)(C)C1=C[C@H]2C(=O)CC[C@@H]12. The number of hydrogen-bond donors (Lipinski definition) is 0. The van der Waals surface area contributed by atoms with E-state index in [-0.39, 0.29) is 5.41 Å². The van der Waals surface area contributed by atoms with E-state index in [1.807, 2.05) is 0 Å². The maximum atomic E-state index is 11.3. The lowest BCUT2D eigenvalue weighted by molar-refractivity contribution is -0.120. The molecule has 0 saturated heterocycles. The summed E-state index contributed by atoms with van der Waals surface area (Å²) in [6, 6.07) is 0. The number of hydrogen-bond acceptors (Lipinski definition) is 1. The topological polar surface area (TPSA) is 17.1 Å². The van der Waals surface area contributed by atoms with E-state index in [0.29, 0.717) is 17.6 Å². The maximum absolute atomic E-state index is 11.3. The number of rotatable bonds is 0. The second-order valence-electron chi connectivity index (χ2n) is 5.01. The van der Waals surface area contributed by atoms with Gasteiger partial charge in [-0.2, -0.15) is 0 Å². The molecule has 0 amide bonds. The largest absolute Gasteiger partial charge is 0.299 e. The second-order valence-corrected chi connectivity index (χ2v) is 5.01. The molecule has 1 saturated carbocycles. The van der Waals surface area contributed by atoms with Crippen LogP contribution in [0.5, 0.6) is 0 Å². The highest BCUT2D eigenvalue weighted by Crippen LogP contribution is 2.50. The Hall–Kier alpha value is -0.590. The molecule has 1 heteroatoms. The Morgan fingerprint density at radius 3 is 2.58 bits per heavy atom. The van der Waals surface area contributed by atoms with Gasteiger partial charge < -0.3 is 0 Å². The fraction of sp³-hybridized carbons (Fsp3) is 0.727. The van der Waals surface area contributed by atoms with Crippen LogP contribution < -0.4 is 0 Å². The molecule has 0 N–H and O–H groups in total. The molecule has 2 atom stereocenters. The molecule has 2 rings (SSSR count). The number of ketones is 1. The van der Waals surface area contributed by atoms with Gasteiger partial charge in [-0.15, -0.1) is 0 Å². The number of allylic oxidation sites excluding steroid dienone is 2. The van der Waals surface area contributed by atoms with Crippen molar-refractivity contribution in [2.45, 2.75) is 33.6 Å². The number of Topliss-reactive ketones (excluding diaryl/α,β-unsaturated/α-hetero) is 1. The van der Waals surface area contributed by atoms with Crippen LogP contribution in [0.4, 0.5) is 0 Å². The minimum atomic E-state index is 0.284. The highest BCUT2D eigenvalue weighted by Gasteiger charge is 2.45. The third-order valence-electron chi connectivity index (χ3n) is 3.13. The number of carbonyl (C=O) groups excluding carboxylic acids is 1. The van der Waals surface area contributed by atoms with Crippen molar-refractivity contribution in [3.05, 3.63) is 11.6 Å². The maximum Gasteiger partial charge on any atom is 0.140 e. The normalized spacial score (nSPS) is 34.2. The first kappa shape index (κ1) is 8.03. The van der Waals surface area contributed by atoms with Gasteiger partial charge in [0, 0.05) is 12.3 Å². The molecule has 0 heterocycles. The average Bonchev–Trinajstić information content (AvgIpc) is 2.03. The number of carbonyl (C=O) groups is 1. The molecule has 0 unspecified atom stereocenters. The molecule has 0 radical (unpaired) electrons. The van der Waals surface area contributed by atoms with Gasteiger partial charge in [0.2, 0.25) is 0 Å². The Kier molecular flexibility index (Phi) is 1.48. The average molecular weight is 164 g/mol. The van der Waals surface area contributed by atoms with Crippen molar-refractivity contribution in [2.75, 3.05) is 0 Å². The van der Waals surface area contributed by atoms with Crippen LogP contribution in [0.25, 0.3) is 0 Å². The molecule has 2 aliphatic rings. The van der Waals surface area contributed by atoms with E-state index in [0.717, 1.165) is 12.8 Å². The van der Waals surface area contributed by atoms with Crippen LogP contribution in [0.3, 0.4) is 0 Å². The fourth-order valence-electron chi connectivity index (χ4n) is 2.43. The molecule has 0 aliphatic heterocycles. The van der Waals surface area contributed by atoms with Gasteiger partial charge in [0.25, 0.3) is 0 Å². The van der Waals surface area contributed by atoms with Crippen molar-refractivity contribution in [3.8, 4) is 0 Å². The summed E-state index contributed by atoms with van der Waals surface area (Å²) in [5.41, 5.74) is 1.80. The van der Waals surface area contributed by atoms with E-state index in [1.165, 1.54) is 5.57 Å². The summed E-state index contributed by atoms with van der Waals surface area (Å²) < 4.78 is 0. The minimum absolute atomic E-state index is 0.284. The van der Waals surface area contributed by atoms with Crippen molar-refractivity contribution in [1.82, 2.24) is 0 Å². The third-order valence-corrected chi connectivity index (χ3v) is 3.13. The van der Waals surface area contributed by atoms with Crippen LogP contribution in [0.15, 0.2) is 11.6 Å². The fourth-order valence-corrected chi connectivity index (χ4v) is 2.43. The predicted molar refractivity (Wildman–Crippen MR) is 48.8 cm³/mol. The van der Waals surface area contributed by atoms with E-state index >= 15 is 0 Å².